The van der Waals surface area contributed by atoms with Gasteiger partial charge in [-0.25, -0.2) is 0 Å². The van der Waals surface area contributed by atoms with Gasteiger partial charge in [0.1, 0.15) is 4.49 Å². The number of rotatable bonds is 2. The summed E-state index contributed by atoms with van der Waals surface area (Å²) in [4.78, 5) is 11.0. The Morgan fingerprint density at radius 1 is 1.07 bits per heavy atom. The van der Waals surface area contributed by atoms with Crippen molar-refractivity contribution < 1.29 is 4.79 Å². The summed E-state index contributed by atoms with van der Waals surface area (Å²) in [6.07, 6.45) is 0. The molecule has 0 aliphatic carbocycles. The zero-order valence-corrected chi connectivity index (χ0v) is 9.62. The van der Waals surface area contributed by atoms with Gasteiger partial charge in [-0.3, -0.25) is 4.79 Å². The Morgan fingerprint density at radius 2 is 1.57 bits per heavy atom. The Morgan fingerprint density at radius 3 is 1.93 bits per heavy atom. The molecule has 1 aromatic carbocycles. The van der Waals surface area contributed by atoms with E-state index in [9.17, 15) is 4.79 Å². The third-order valence-corrected chi connectivity index (χ3v) is 2.29. The number of hydrogen-bond donors (Lipinski definition) is 0. The fourth-order valence-electron chi connectivity index (χ4n) is 1.02. The van der Waals surface area contributed by atoms with Crippen molar-refractivity contribution in [1.29, 1.82) is 0 Å². The summed E-state index contributed by atoms with van der Waals surface area (Å²) in [6, 6.07) is 7.20. The van der Waals surface area contributed by atoms with E-state index in [0.717, 1.165) is 5.56 Å². The highest BCUT2D eigenvalue weighted by atomic mass is 35.5. The molecule has 0 fully saturated rings. The zero-order chi connectivity index (χ0) is 10.7. The van der Waals surface area contributed by atoms with Gasteiger partial charge in [-0.2, -0.15) is 0 Å². The molecule has 0 atom stereocenters. The Labute approximate surface area is 97.3 Å². The van der Waals surface area contributed by atoms with Gasteiger partial charge in [0.2, 0.25) is 0 Å². The van der Waals surface area contributed by atoms with Crippen LogP contribution in [0.1, 0.15) is 11.1 Å². The summed E-state index contributed by atoms with van der Waals surface area (Å²) in [5.41, 5.74) is 1.84. The molecule has 0 spiro atoms. The van der Waals surface area contributed by atoms with Crippen molar-refractivity contribution >= 4 is 45.6 Å². The normalized spacial score (nSPS) is 9.71. The predicted octanol–water partition coefficient (Wildman–Crippen LogP) is 3.91. The molecule has 74 valence electrons. The Kier molecular flexibility index (Phi) is 3.99. The number of carbonyl (C=O) groups excluding carboxylic acids is 1. The van der Waals surface area contributed by atoms with Crippen LogP contribution in [0.5, 0.6) is 0 Å². The lowest BCUT2D eigenvalue weighted by molar-refractivity contribution is -0.106. The molecule has 0 N–H and O–H groups in total. The van der Waals surface area contributed by atoms with Gasteiger partial charge >= 0.3 is 0 Å². The lowest BCUT2D eigenvalue weighted by atomic mass is 10.1. The highest BCUT2D eigenvalue weighted by Gasteiger charge is 2.12. The molecule has 0 heterocycles. The number of benzene rings is 1. The van der Waals surface area contributed by atoms with Gasteiger partial charge in [0.15, 0.2) is 0 Å². The van der Waals surface area contributed by atoms with Gasteiger partial charge in [-0.15, -0.1) is 0 Å². The van der Waals surface area contributed by atoms with Crippen molar-refractivity contribution in [3.8, 4) is 0 Å². The first kappa shape index (κ1) is 11.6. The minimum atomic E-state index is -0.658. The molecule has 0 aliphatic rings. The van der Waals surface area contributed by atoms with Crippen LogP contribution in [0.25, 0.3) is 5.57 Å². The second-order valence-electron chi connectivity index (χ2n) is 2.78. The topological polar surface area (TPSA) is 17.1 Å². The largest absolute Gasteiger partial charge is 0.275 e. The Bertz CT molecular complexity index is 375. The van der Waals surface area contributed by atoms with E-state index >= 15 is 0 Å². The van der Waals surface area contributed by atoms with Crippen LogP contribution in [-0.2, 0) is 4.79 Å². The predicted molar refractivity (Wildman–Crippen MR) is 60.7 cm³/mol. The van der Waals surface area contributed by atoms with E-state index in [1.165, 1.54) is 0 Å². The van der Waals surface area contributed by atoms with E-state index in [1.807, 2.05) is 19.1 Å². The number of carbonyl (C=O) groups is 1. The van der Waals surface area contributed by atoms with Crippen molar-refractivity contribution in [1.82, 2.24) is 0 Å². The van der Waals surface area contributed by atoms with Crippen molar-refractivity contribution in [2.45, 2.75) is 6.92 Å². The van der Waals surface area contributed by atoms with Crippen LogP contribution in [0.3, 0.4) is 0 Å². The second kappa shape index (κ2) is 4.83. The van der Waals surface area contributed by atoms with E-state index in [-0.39, 0.29) is 10.1 Å². The molecule has 1 aromatic rings. The summed E-state index contributed by atoms with van der Waals surface area (Å²) in [5, 5.41) is -0.658. The maximum Gasteiger partial charge on any atom is 0.255 e. The van der Waals surface area contributed by atoms with Gasteiger partial charge in [-0.05, 0) is 24.1 Å². The molecule has 0 saturated carbocycles. The molecule has 0 radical (unpaired) electrons. The number of halogens is 3. The van der Waals surface area contributed by atoms with Gasteiger partial charge in [0.05, 0.1) is 5.57 Å². The monoisotopic (exact) mass is 248 g/mol. The maximum absolute atomic E-state index is 11.0. The van der Waals surface area contributed by atoms with Crippen molar-refractivity contribution in [3.63, 3.8) is 0 Å². The van der Waals surface area contributed by atoms with Crippen LogP contribution in [0.15, 0.2) is 28.8 Å². The van der Waals surface area contributed by atoms with E-state index in [4.69, 9.17) is 34.8 Å². The quantitative estimate of drug-likeness (QED) is 0.574. The van der Waals surface area contributed by atoms with E-state index in [1.54, 1.807) is 12.1 Å². The Hall–Kier alpha value is -0.500. The van der Waals surface area contributed by atoms with E-state index in [2.05, 4.69) is 0 Å². The molecule has 4 heteroatoms. The van der Waals surface area contributed by atoms with Gasteiger partial charge in [0, 0.05) is 0 Å². The van der Waals surface area contributed by atoms with Crippen molar-refractivity contribution in [3.05, 3.63) is 39.9 Å². The van der Waals surface area contributed by atoms with Crippen molar-refractivity contribution in [2.24, 2.45) is 0 Å². The second-order valence-corrected chi connectivity index (χ2v) is 4.07. The van der Waals surface area contributed by atoms with Crippen LogP contribution in [0, 0.1) is 6.92 Å². The van der Waals surface area contributed by atoms with E-state index < -0.39 is 5.24 Å². The van der Waals surface area contributed by atoms with Crippen LogP contribution < -0.4 is 0 Å². The maximum atomic E-state index is 11.0. The highest BCUT2D eigenvalue weighted by Crippen LogP contribution is 2.26. The zero-order valence-electron chi connectivity index (χ0n) is 7.35. The first-order chi connectivity index (χ1) is 6.52. The van der Waals surface area contributed by atoms with Crippen LogP contribution >= 0.6 is 34.8 Å². The molecule has 1 nitrogen and oxygen atoms in total. The summed E-state index contributed by atoms with van der Waals surface area (Å²) in [5.74, 6) is 0. The molecular weight excluding hydrogens is 242 g/mol. The van der Waals surface area contributed by atoms with Gasteiger partial charge < -0.3 is 0 Å². The first-order valence-corrected chi connectivity index (χ1v) is 4.98. The molecule has 14 heavy (non-hydrogen) atoms. The van der Waals surface area contributed by atoms with Crippen LogP contribution in [0.2, 0.25) is 0 Å². The molecular formula is C10H7Cl3O. The third-order valence-electron chi connectivity index (χ3n) is 1.73. The molecule has 0 aliphatic heterocycles. The number of hydrogen-bond acceptors (Lipinski definition) is 1. The van der Waals surface area contributed by atoms with Gasteiger partial charge in [-0.1, -0.05) is 53.0 Å². The lowest BCUT2D eigenvalue weighted by Gasteiger charge is -2.02. The fourth-order valence-corrected chi connectivity index (χ4v) is 1.71. The molecule has 0 aromatic heterocycles. The van der Waals surface area contributed by atoms with Crippen LogP contribution in [0.4, 0.5) is 0 Å². The minimum absolute atomic E-state index is 0.117. The Balaban J connectivity index is 3.21. The van der Waals surface area contributed by atoms with Crippen molar-refractivity contribution in [2.75, 3.05) is 0 Å². The van der Waals surface area contributed by atoms with Crippen LogP contribution in [-0.4, -0.2) is 5.24 Å². The molecule has 0 unspecified atom stereocenters. The number of aryl methyl sites for hydroxylation is 1. The molecule has 0 saturated heterocycles. The summed E-state index contributed by atoms with van der Waals surface area (Å²) in [7, 11) is 0. The SMILES string of the molecule is Cc1ccc(C(C(=O)Cl)=C(Cl)Cl)cc1. The van der Waals surface area contributed by atoms with E-state index in [0.29, 0.717) is 5.56 Å². The summed E-state index contributed by atoms with van der Waals surface area (Å²) >= 11 is 16.5. The molecule has 0 amide bonds. The fraction of sp³-hybridized carbons (Fsp3) is 0.100. The number of allylic oxidation sites excluding steroid dienone is 1. The first-order valence-electron chi connectivity index (χ1n) is 3.84. The smallest absolute Gasteiger partial charge is 0.255 e. The summed E-state index contributed by atoms with van der Waals surface area (Å²) in [6.45, 7) is 1.94. The molecule has 1 rings (SSSR count). The highest BCUT2D eigenvalue weighted by molar-refractivity contribution is 6.78. The van der Waals surface area contributed by atoms with Gasteiger partial charge in [0.25, 0.3) is 5.24 Å². The lowest BCUT2D eigenvalue weighted by Crippen LogP contribution is -1.93. The average molecular weight is 250 g/mol. The molecule has 0 bridgehead atoms. The standard InChI is InChI=1S/C10H7Cl3O/c1-6-2-4-7(5-3-6)8(9(11)12)10(13)14/h2-5H,1H3. The third kappa shape index (κ3) is 2.74. The minimum Gasteiger partial charge on any atom is -0.275 e. The summed E-state index contributed by atoms with van der Waals surface area (Å²) < 4.78 is -0.117. The average Bonchev–Trinajstić information content (AvgIpc) is 2.07.